The summed E-state index contributed by atoms with van der Waals surface area (Å²) in [5, 5.41) is 12.5. The van der Waals surface area contributed by atoms with Crippen LogP contribution < -0.4 is 4.90 Å². The van der Waals surface area contributed by atoms with Crippen LogP contribution in [0.3, 0.4) is 0 Å². The smallest absolute Gasteiger partial charge is 0.173 e. The van der Waals surface area contributed by atoms with E-state index in [0.29, 0.717) is 17.9 Å². The summed E-state index contributed by atoms with van der Waals surface area (Å²) in [5.41, 5.74) is 1.83. The number of anilines is 1. The lowest BCUT2D eigenvalue weighted by Crippen LogP contribution is -2.48. The average Bonchev–Trinajstić information content (AvgIpc) is 3.49. The number of benzene rings is 2. The van der Waals surface area contributed by atoms with Crippen molar-refractivity contribution in [2.24, 2.45) is 0 Å². The van der Waals surface area contributed by atoms with Crippen molar-refractivity contribution in [3.05, 3.63) is 71.8 Å². The van der Waals surface area contributed by atoms with Crippen molar-refractivity contribution in [1.82, 2.24) is 25.1 Å². The molecule has 2 aliphatic heterocycles. The monoisotopic (exact) mass is 458 g/mol. The number of rotatable bonds is 6. The second-order valence-corrected chi connectivity index (χ2v) is 8.14. The van der Waals surface area contributed by atoms with Gasteiger partial charge in [-0.2, -0.15) is 0 Å². The molecule has 2 aromatic carbocycles. The summed E-state index contributed by atoms with van der Waals surface area (Å²) >= 11 is 0. The largest absolute Gasteiger partial charge is 0.376 e. The highest BCUT2D eigenvalue weighted by molar-refractivity contribution is 5.85. The fraction of sp³-hybridized carbons (Fsp3) is 0.435. The Kier molecular flexibility index (Phi) is 7.34. The molecule has 2 aliphatic rings. The minimum atomic E-state index is -0.337. The molecule has 3 aromatic rings. The van der Waals surface area contributed by atoms with E-state index in [-0.39, 0.29) is 30.4 Å². The fourth-order valence-corrected chi connectivity index (χ4v) is 4.59. The van der Waals surface area contributed by atoms with Gasteiger partial charge in [-0.15, -0.1) is 17.5 Å². The Hall–Kier alpha value is -2.55. The van der Waals surface area contributed by atoms with Crippen LogP contribution in [0.15, 0.2) is 54.6 Å². The number of hydrogen-bond donors (Lipinski definition) is 0. The molecule has 0 saturated carbocycles. The molecular weight excluding hydrogens is 431 g/mol. The summed E-state index contributed by atoms with van der Waals surface area (Å²) in [6, 6.07) is 17.0. The number of nitrogens with zero attached hydrogens (tertiary/aromatic N) is 6. The van der Waals surface area contributed by atoms with E-state index < -0.39 is 0 Å². The van der Waals surface area contributed by atoms with E-state index >= 15 is 0 Å². The minimum absolute atomic E-state index is 0. The van der Waals surface area contributed by atoms with Crippen LogP contribution in [0.5, 0.6) is 0 Å². The predicted molar refractivity (Wildman–Crippen MR) is 123 cm³/mol. The van der Waals surface area contributed by atoms with Crippen molar-refractivity contribution in [1.29, 1.82) is 0 Å². The maximum Gasteiger partial charge on any atom is 0.173 e. The zero-order valence-electron chi connectivity index (χ0n) is 17.9. The molecule has 2 saturated heterocycles. The Labute approximate surface area is 193 Å². The molecule has 5 rings (SSSR count). The van der Waals surface area contributed by atoms with E-state index in [1.165, 1.54) is 11.8 Å². The van der Waals surface area contributed by atoms with Crippen LogP contribution in [-0.4, -0.2) is 64.0 Å². The first-order chi connectivity index (χ1) is 15.3. The number of halogens is 2. The highest BCUT2D eigenvalue weighted by Crippen LogP contribution is 2.31. The van der Waals surface area contributed by atoms with Crippen LogP contribution in [0.4, 0.5) is 10.1 Å². The Balaban J connectivity index is 0.00000245. The molecule has 7 nitrogen and oxygen atoms in total. The van der Waals surface area contributed by atoms with E-state index in [4.69, 9.17) is 4.74 Å². The predicted octanol–water partition coefficient (Wildman–Crippen LogP) is 3.32. The maximum absolute atomic E-state index is 14.9. The van der Waals surface area contributed by atoms with Gasteiger partial charge in [0.2, 0.25) is 0 Å². The molecule has 0 amide bonds. The number of piperazine rings is 1. The first-order valence-corrected chi connectivity index (χ1v) is 11.0. The van der Waals surface area contributed by atoms with Crippen molar-refractivity contribution >= 4 is 18.1 Å². The molecule has 9 heteroatoms. The van der Waals surface area contributed by atoms with Gasteiger partial charge in [-0.1, -0.05) is 36.4 Å². The zero-order valence-corrected chi connectivity index (χ0v) is 18.7. The molecule has 3 heterocycles. The quantitative estimate of drug-likeness (QED) is 0.564. The normalized spacial score (nSPS) is 20.2. The highest BCUT2D eigenvalue weighted by atomic mass is 35.5. The molecule has 2 atom stereocenters. The minimum Gasteiger partial charge on any atom is -0.376 e. The Bertz CT molecular complexity index is 989. The molecule has 0 spiro atoms. The molecule has 1 aromatic heterocycles. The summed E-state index contributed by atoms with van der Waals surface area (Å²) in [6.07, 6.45) is 2.16. The Morgan fingerprint density at radius 2 is 1.75 bits per heavy atom. The van der Waals surface area contributed by atoms with Crippen molar-refractivity contribution in [3.63, 3.8) is 0 Å². The number of aromatic nitrogens is 4. The molecule has 2 unspecified atom stereocenters. The Morgan fingerprint density at radius 3 is 2.47 bits per heavy atom. The molecule has 0 aliphatic carbocycles. The molecule has 0 N–H and O–H groups in total. The number of tetrazole rings is 1. The van der Waals surface area contributed by atoms with Gasteiger partial charge in [-0.25, -0.2) is 9.07 Å². The van der Waals surface area contributed by atoms with Crippen molar-refractivity contribution in [2.75, 3.05) is 37.7 Å². The summed E-state index contributed by atoms with van der Waals surface area (Å²) in [4.78, 5) is 4.65. The van der Waals surface area contributed by atoms with E-state index in [2.05, 4.69) is 49.6 Å². The van der Waals surface area contributed by atoms with E-state index in [1.807, 2.05) is 18.2 Å². The third-order valence-corrected chi connectivity index (χ3v) is 6.21. The van der Waals surface area contributed by atoms with Crippen LogP contribution in [-0.2, 0) is 11.3 Å². The third kappa shape index (κ3) is 4.77. The topological polar surface area (TPSA) is 59.3 Å². The number of ether oxygens (including phenoxy) is 1. The van der Waals surface area contributed by atoms with Gasteiger partial charge in [0.05, 0.1) is 12.6 Å². The lowest BCUT2D eigenvalue weighted by Gasteiger charge is -2.40. The molecular formula is C23H28ClFN6O. The van der Waals surface area contributed by atoms with Gasteiger partial charge in [-0.05, 0) is 41.5 Å². The van der Waals surface area contributed by atoms with Crippen molar-refractivity contribution < 1.29 is 9.13 Å². The zero-order chi connectivity index (χ0) is 21.0. The van der Waals surface area contributed by atoms with Crippen LogP contribution in [0, 0.1) is 5.82 Å². The molecule has 0 bridgehead atoms. The van der Waals surface area contributed by atoms with E-state index in [0.717, 1.165) is 45.6 Å². The summed E-state index contributed by atoms with van der Waals surface area (Å²) in [5.74, 6) is 0.443. The maximum atomic E-state index is 14.9. The number of para-hydroxylation sites is 1. The SMILES string of the molecule is Cl.Fc1ccccc1C(c1nnnn1CC1CCCO1)N1CCN(c2ccccc2)CC1. The lowest BCUT2D eigenvalue weighted by atomic mass is 10.0. The van der Waals surface area contributed by atoms with Crippen LogP contribution >= 0.6 is 12.4 Å². The average molecular weight is 459 g/mol. The number of hydrogen-bond acceptors (Lipinski definition) is 6. The molecule has 0 radical (unpaired) electrons. The van der Waals surface area contributed by atoms with Crippen LogP contribution in [0.1, 0.15) is 30.3 Å². The molecule has 170 valence electrons. The first-order valence-electron chi connectivity index (χ1n) is 11.0. The van der Waals surface area contributed by atoms with Crippen molar-refractivity contribution in [3.8, 4) is 0 Å². The van der Waals surface area contributed by atoms with Crippen molar-refractivity contribution in [2.45, 2.75) is 31.5 Å². The second kappa shape index (κ2) is 10.4. The molecule has 2 fully saturated rings. The van der Waals surface area contributed by atoms with Crippen LogP contribution in [0.2, 0.25) is 0 Å². The first kappa shape index (κ1) is 22.6. The van der Waals surface area contributed by atoms with Gasteiger partial charge in [0.1, 0.15) is 11.9 Å². The van der Waals surface area contributed by atoms with Gasteiger partial charge < -0.3 is 9.64 Å². The Morgan fingerprint density at radius 1 is 1.00 bits per heavy atom. The van der Waals surface area contributed by atoms with Crippen LogP contribution in [0.25, 0.3) is 0 Å². The summed E-state index contributed by atoms with van der Waals surface area (Å²) < 4.78 is 22.5. The van der Waals surface area contributed by atoms with E-state index in [9.17, 15) is 4.39 Å². The second-order valence-electron chi connectivity index (χ2n) is 8.14. The third-order valence-electron chi connectivity index (χ3n) is 6.21. The lowest BCUT2D eigenvalue weighted by molar-refractivity contribution is 0.0906. The van der Waals surface area contributed by atoms with Gasteiger partial charge in [0.15, 0.2) is 5.82 Å². The van der Waals surface area contributed by atoms with Gasteiger partial charge in [0.25, 0.3) is 0 Å². The molecule has 32 heavy (non-hydrogen) atoms. The fourth-order valence-electron chi connectivity index (χ4n) is 4.59. The van der Waals surface area contributed by atoms with E-state index in [1.54, 1.807) is 10.7 Å². The standard InChI is InChI=1S/C23H27FN6O.ClH/c24-21-11-5-4-10-20(21)22(23-25-26-27-30(23)17-19-9-6-16-31-19)29-14-12-28(13-15-29)18-7-2-1-3-8-18;/h1-5,7-8,10-11,19,22H,6,9,12-17H2;1H. The summed E-state index contributed by atoms with van der Waals surface area (Å²) in [7, 11) is 0. The van der Waals surface area contributed by atoms with Gasteiger partial charge >= 0.3 is 0 Å². The highest BCUT2D eigenvalue weighted by Gasteiger charge is 2.33. The van der Waals surface area contributed by atoms with Gasteiger partial charge in [0, 0.05) is 44.0 Å². The van der Waals surface area contributed by atoms with Gasteiger partial charge in [-0.3, -0.25) is 4.90 Å². The summed E-state index contributed by atoms with van der Waals surface area (Å²) in [6.45, 7) is 4.68.